The van der Waals surface area contributed by atoms with E-state index in [0.717, 1.165) is 0 Å². The Morgan fingerprint density at radius 3 is 2.42 bits per heavy atom. The first-order chi connectivity index (χ1) is 12.5. The summed E-state index contributed by atoms with van der Waals surface area (Å²) in [5.41, 5.74) is 0.617. The zero-order valence-corrected chi connectivity index (χ0v) is 15.3. The summed E-state index contributed by atoms with van der Waals surface area (Å²) in [6.07, 6.45) is -0.679. The Morgan fingerprint density at radius 1 is 1.08 bits per heavy atom. The van der Waals surface area contributed by atoms with Crippen LogP contribution in [0.4, 0.5) is 5.69 Å². The lowest BCUT2D eigenvalue weighted by Gasteiger charge is -2.24. The van der Waals surface area contributed by atoms with Gasteiger partial charge in [-0.25, -0.2) is 0 Å². The summed E-state index contributed by atoms with van der Waals surface area (Å²) in [5, 5.41) is 2.77. The second-order valence-electron chi connectivity index (χ2n) is 5.71. The van der Waals surface area contributed by atoms with Gasteiger partial charge >= 0.3 is 0 Å². The Kier molecular flexibility index (Phi) is 7.02. The summed E-state index contributed by atoms with van der Waals surface area (Å²) in [5.74, 6) is 0.749. The number of nitrogens with zero attached hydrogens (tertiary/aromatic N) is 1. The summed E-state index contributed by atoms with van der Waals surface area (Å²) >= 11 is 0. The monoisotopic (exact) mass is 356 g/mol. The van der Waals surface area contributed by atoms with Gasteiger partial charge in [0.15, 0.2) is 6.10 Å². The van der Waals surface area contributed by atoms with Crippen LogP contribution in [0.1, 0.15) is 13.8 Å². The van der Waals surface area contributed by atoms with E-state index in [0.29, 0.717) is 23.7 Å². The Balaban J connectivity index is 1.94. The number of carbonyl (C=O) groups excluding carboxylic acids is 2. The van der Waals surface area contributed by atoms with Crippen molar-refractivity contribution < 1.29 is 19.1 Å². The van der Waals surface area contributed by atoms with Gasteiger partial charge < -0.3 is 19.7 Å². The predicted molar refractivity (Wildman–Crippen MR) is 100 cm³/mol. The molecule has 2 rings (SSSR count). The molecule has 0 bridgehead atoms. The van der Waals surface area contributed by atoms with Gasteiger partial charge in [0, 0.05) is 18.3 Å². The molecule has 2 aromatic carbocycles. The van der Waals surface area contributed by atoms with E-state index in [1.165, 1.54) is 4.90 Å². The normalized spacial score (nSPS) is 11.3. The number of methoxy groups -OCH3 is 1. The van der Waals surface area contributed by atoms with Gasteiger partial charge in [0.1, 0.15) is 11.5 Å². The summed E-state index contributed by atoms with van der Waals surface area (Å²) < 4.78 is 10.8. The number of ether oxygens (including phenoxy) is 2. The van der Waals surface area contributed by atoms with Crippen molar-refractivity contribution in [3.8, 4) is 11.5 Å². The molecule has 0 aliphatic carbocycles. The highest BCUT2D eigenvalue weighted by Gasteiger charge is 2.23. The maximum absolute atomic E-state index is 12.6. The largest absolute Gasteiger partial charge is 0.497 e. The van der Waals surface area contributed by atoms with Crippen molar-refractivity contribution in [2.45, 2.75) is 20.0 Å². The molecule has 0 heterocycles. The van der Waals surface area contributed by atoms with Crippen LogP contribution in [0.2, 0.25) is 0 Å². The maximum atomic E-state index is 12.6. The number of amides is 2. The Labute approximate surface area is 153 Å². The summed E-state index contributed by atoms with van der Waals surface area (Å²) in [7, 11) is 1.56. The lowest BCUT2D eigenvalue weighted by molar-refractivity contribution is -0.140. The minimum Gasteiger partial charge on any atom is -0.497 e. The first kappa shape index (κ1) is 19.3. The van der Waals surface area contributed by atoms with E-state index in [-0.39, 0.29) is 18.4 Å². The minimum atomic E-state index is -0.679. The molecule has 1 atom stereocenters. The van der Waals surface area contributed by atoms with E-state index in [2.05, 4.69) is 5.32 Å². The first-order valence-corrected chi connectivity index (χ1v) is 8.48. The molecule has 2 aromatic rings. The van der Waals surface area contributed by atoms with E-state index in [1.54, 1.807) is 50.4 Å². The van der Waals surface area contributed by atoms with E-state index >= 15 is 0 Å². The van der Waals surface area contributed by atoms with Crippen LogP contribution in [-0.4, -0.2) is 43.0 Å². The van der Waals surface area contributed by atoms with Crippen molar-refractivity contribution >= 4 is 17.5 Å². The highest BCUT2D eigenvalue weighted by Crippen LogP contribution is 2.17. The average molecular weight is 356 g/mol. The SMILES string of the molecule is CCN(CC(=O)Nc1cccc(OC)c1)C(=O)C(C)Oc1ccccc1. The second kappa shape index (κ2) is 9.46. The third-order valence-electron chi connectivity index (χ3n) is 3.79. The van der Waals surface area contributed by atoms with Crippen LogP contribution in [0, 0.1) is 0 Å². The van der Waals surface area contributed by atoms with E-state index in [1.807, 2.05) is 25.1 Å². The molecule has 138 valence electrons. The molecule has 2 amide bonds. The lowest BCUT2D eigenvalue weighted by Crippen LogP contribution is -2.44. The van der Waals surface area contributed by atoms with Gasteiger partial charge in [-0.2, -0.15) is 0 Å². The minimum absolute atomic E-state index is 0.0466. The number of para-hydroxylation sites is 1. The van der Waals surface area contributed by atoms with Gasteiger partial charge in [-0.05, 0) is 38.1 Å². The molecule has 0 spiro atoms. The van der Waals surface area contributed by atoms with Crippen molar-refractivity contribution in [2.24, 2.45) is 0 Å². The highest BCUT2D eigenvalue weighted by atomic mass is 16.5. The Bertz CT molecular complexity index is 734. The molecular formula is C20H24N2O4. The molecule has 0 aliphatic rings. The molecule has 0 saturated heterocycles. The van der Waals surface area contributed by atoms with Crippen LogP contribution in [0.25, 0.3) is 0 Å². The van der Waals surface area contributed by atoms with E-state index in [4.69, 9.17) is 9.47 Å². The van der Waals surface area contributed by atoms with Crippen molar-refractivity contribution in [1.29, 1.82) is 0 Å². The Morgan fingerprint density at radius 2 is 1.77 bits per heavy atom. The fourth-order valence-electron chi connectivity index (χ4n) is 2.43. The number of rotatable bonds is 8. The fraction of sp³-hybridized carbons (Fsp3) is 0.300. The second-order valence-corrected chi connectivity index (χ2v) is 5.71. The van der Waals surface area contributed by atoms with Crippen LogP contribution in [0.5, 0.6) is 11.5 Å². The molecule has 26 heavy (non-hydrogen) atoms. The van der Waals surface area contributed by atoms with Gasteiger partial charge in [-0.15, -0.1) is 0 Å². The van der Waals surface area contributed by atoms with Crippen molar-refractivity contribution in [3.05, 3.63) is 54.6 Å². The third-order valence-corrected chi connectivity index (χ3v) is 3.79. The molecule has 0 saturated carbocycles. The van der Waals surface area contributed by atoms with Gasteiger partial charge in [0.25, 0.3) is 5.91 Å². The maximum Gasteiger partial charge on any atom is 0.263 e. The number of benzene rings is 2. The molecule has 0 radical (unpaired) electrons. The average Bonchev–Trinajstić information content (AvgIpc) is 2.66. The quantitative estimate of drug-likeness (QED) is 0.790. The highest BCUT2D eigenvalue weighted by molar-refractivity contribution is 5.95. The number of nitrogens with one attached hydrogen (secondary N) is 1. The Hall–Kier alpha value is -3.02. The molecule has 6 nitrogen and oxygen atoms in total. The number of anilines is 1. The fourth-order valence-corrected chi connectivity index (χ4v) is 2.43. The van der Waals surface area contributed by atoms with Crippen LogP contribution in [0.3, 0.4) is 0 Å². The van der Waals surface area contributed by atoms with Crippen LogP contribution < -0.4 is 14.8 Å². The molecule has 0 aromatic heterocycles. The molecule has 6 heteroatoms. The molecular weight excluding hydrogens is 332 g/mol. The molecule has 0 aliphatic heterocycles. The van der Waals surface area contributed by atoms with Crippen LogP contribution in [-0.2, 0) is 9.59 Å². The van der Waals surface area contributed by atoms with Crippen LogP contribution in [0.15, 0.2) is 54.6 Å². The number of hydrogen-bond acceptors (Lipinski definition) is 4. The van der Waals surface area contributed by atoms with Gasteiger partial charge in [0.2, 0.25) is 5.91 Å². The number of hydrogen-bond donors (Lipinski definition) is 1. The van der Waals surface area contributed by atoms with Gasteiger partial charge in [-0.3, -0.25) is 9.59 Å². The number of carbonyl (C=O) groups is 2. The first-order valence-electron chi connectivity index (χ1n) is 8.48. The zero-order chi connectivity index (χ0) is 18.9. The summed E-state index contributed by atoms with van der Waals surface area (Å²) in [6.45, 7) is 3.87. The summed E-state index contributed by atoms with van der Waals surface area (Å²) in [4.78, 5) is 26.3. The van der Waals surface area contributed by atoms with E-state index < -0.39 is 6.10 Å². The van der Waals surface area contributed by atoms with Crippen LogP contribution >= 0.6 is 0 Å². The standard InChI is InChI=1S/C20H24N2O4/c1-4-22(20(24)15(2)26-17-10-6-5-7-11-17)14-19(23)21-16-9-8-12-18(13-16)25-3/h5-13,15H,4,14H2,1-3H3,(H,21,23). The molecule has 1 unspecified atom stereocenters. The van der Waals surface area contributed by atoms with Gasteiger partial charge in [0.05, 0.1) is 13.7 Å². The van der Waals surface area contributed by atoms with Crippen molar-refractivity contribution in [1.82, 2.24) is 4.90 Å². The molecule has 0 fully saturated rings. The van der Waals surface area contributed by atoms with Gasteiger partial charge in [-0.1, -0.05) is 24.3 Å². The zero-order valence-electron chi connectivity index (χ0n) is 15.3. The topological polar surface area (TPSA) is 67.9 Å². The van der Waals surface area contributed by atoms with Crippen molar-refractivity contribution in [2.75, 3.05) is 25.5 Å². The van der Waals surface area contributed by atoms with E-state index in [9.17, 15) is 9.59 Å². The smallest absolute Gasteiger partial charge is 0.263 e. The third kappa shape index (κ3) is 5.51. The number of likely N-dealkylation sites (N-methyl/N-ethyl adjacent to an activating group) is 1. The molecule has 1 N–H and O–H groups in total. The predicted octanol–water partition coefficient (Wildman–Crippen LogP) is 2.95. The lowest BCUT2D eigenvalue weighted by atomic mass is 10.3. The van der Waals surface area contributed by atoms with Crippen molar-refractivity contribution in [3.63, 3.8) is 0 Å². The summed E-state index contributed by atoms with van der Waals surface area (Å²) in [6, 6.07) is 16.2.